The Morgan fingerprint density at radius 2 is 2.00 bits per heavy atom. The fourth-order valence-corrected chi connectivity index (χ4v) is 3.22. The molecule has 1 unspecified atom stereocenters. The molecule has 3 rings (SSSR count). The van der Waals surface area contributed by atoms with Crippen molar-refractivity contribution in [1.29, 1.82) is 0 Å². The van der Waals surface area contributed by atoms with E-state index >= 15 is 0 Å². The van der Waals surface area contributed by atoms with Crippen molar-refractivity contribution in [3.8, 4) is 5.69 Å². The molecule has 0 saturated carbocycles. The molecule has 1 saturated heterocycles. The lowest BCUT2D eigenvalue weighted by molar-refractivity contribution is -0.142. The van der Waals surface area contributed by atoms with Gasteiger partial charge in [0.15, 0.2) is 0 Å². The van der Waals surface area contributed by atoms with E-state index in [1.54, 1.807) is 17.0 Å². The minimum Gasteiger partial charge on any atom is -0.338 e. The first-order valence-electron chi connectivity index (χ1n) is 8.36. The summed E-state index contributed by atoms with van der Waals surface area (Å²) in [6.07, 6.45) is -2.74. The average Bonchev–Trinajstić information content (AvgIpc) is 3.07. The number of hydrogen-bond acceptors (Lipinski definition) is 3. The van der Waals surface area contributed by atoms with Crippen LogP contribution in [0.1, 0.15) is 36.3 Å². The van der Waals surface area contributed by atoms with Crippen molar-refractivity contribution >= 4 is 18.3 Å². The van der Waals surface area contributed by atoms with Gasteiger partial charge in [-0.2, -0.15) is 18.3 Å². The highest BCUT2D eigenvalue weighted by atomic mass is 35.5. The molecular formula is C18H22ClF3N4O. The first kappa shape index (κ1) is 21.2. The lowest BCUT2D eigenvalue weighted by Gasteiger charge is -2.42. The van der Waals surface area contributed by atoms with E-state index in [1.807, 2.05) is 13.8 Å². The molecule has 0 bridgehead atoms. The Morgan fingerprint density at radius 3 is 2.63 bits per heavy atom. The number of nitrogens with zero attached hydrogens (tertiary/aromatic N) is 3. The predicted octanol–water partition coefficient (Wildman–Crippen LogP) is 3.51. The van der Waals surface area contributed by atoms with Gasteiger partial charge in [-0.25, -0.2) is 4.68 Å². The zero-order chi connectivity index (χ0) is 19.1. The molecule has 1 atom stereocenters. The Kier molecular flexibility index (Phi) is 5.91. The number of piperidine rings is 1. The molecule has 2 N–H and O–H groups in total. The molecule has 27 heavy (non-hydrogen) atoms. The van der Waals surface area contributed by atoms with Gasteiger partial charge >= 0.3 is 6.18 Å². The summed E-state index contributed by atoms with van der Waals surface area (Å²) < 4.78 is 40.1. The minimum absolute atomic E-state index is 0. The van der Waals surface area contributed by atoms with Crippen molar-refractivity contribution in [2.45, 2.75) is 32.5 Å². The number of amides is 1. The fourth-order valence-electron chi connectivity index (χ4n) is 3.22. The van der Waals surface area contributed by atoms with Crippen LogP contribution in [0.25, 0.3) is 5.69 Å². The second-order valence-corrected chi connectivity index (χ2v) is 7.29. The number of benzene rings is 1. The van der Waals surface area contributed by atoms with Crippen LogP contribution in [0.2, 0.25) is 0 Å². The number of likely N-dealkylation sites (tertiary alicyclic amines) is 1. The third-order valence-corrected chi connectivity index (χ3v) is 4.87. The van der Waals surface area contributed by atoms with Crippen LogP contribution in [0.3, 0.4) is 0 Å². The second-order valence-electron chi connectivity index (χ2n) is 7.29. The maximum atomic E-state index is 13.1. The number of aromatic nitrogens is 2. The molecule has 0 aliphatic carbocycles. The normalized spacial score (nSPS) is 19.5. The van der Waals surface area contributed by atoms with E-state index in [4.69, 9.17) is 5.73 Å². The van der Waals surface area contributed by atoms with Crippen LogP contribution < -0.4 is 5.73 Å². The number of carbonyl (C=O) groups is 1. The Labute approximate surface area is 161 Å². The SMILES string of the molecule is CC1(C)CN(C(=O)c2cccc(-n3nccc3C(F)(F)F)c2)CCC1N.Cl. The molecule has 1 aromatic heterocycles. The van der Waals surface area contributed by atoms with Crippen LogP contribution in [0, 0.1) is 5.41 Å². The van der Waals surface area contributed by atoms with Crippen molar-refractivity contribution in [3.05, 3.63) is 47.8 Å². The van der Waals surface area contributed by atoms with Crippen molar-refractivity contribution < 1.29 is 18.0 Å². The molecule has 1 fully saturated rings. The number of carbonyl (C=O) groups excluding carboxylic acids is 1. The largest absolute Gasteiger partial charge is 0.433 e. The summed E-state index contributed by atoms with van der Waals surface area (Å²) >= 11 is 0. The van der Waals surface area contributed by atoms with E-state index in [0.29, 0.717) is 25.1 Å². The van der Waals surface area contributed by atoms with Gasteiger partial charge in [-0.05, 0) is 36.1 Å². The molecule has 1 aliphatic rings. The van der Waals surface area contributed by atoms with Crippen molar-refractivity contribution in [3.63, 3.8) is 0 Å². The monoisotopic (exact) mass is 402 g/mol. The van der Waals surface area contributed by atoms with Gasteiger partial charge in [0.25, 0.3) is 5.91 Å². The molecule has 2 aromatic rings. The number of halogens is 4. The van der Waals surface area contributed by atoms with Gasteiger partial charge in [0.05, 0.1) is 11.9 Å². The number of alkyl halides is 3. The van der Waals surface area contributed by atoms with Crippen LogP contribution in [0.15, 0.2) is 36.5 Å². The van der Waals surface area contributed by atoms with Crippen molar-refractivity contribution in [2.24, 2.45) is 11.1 Å². The first-order chi connectivity index (χ1) is 12.1. The van der Waals surface area contributed by atoms with Gasteiger partial charge in [-0.15, -0.1) is 12.4 Å². The van der Waals surface area contributed by atoms with Crippen molar-refractivity contribution in [2.75, 3.05) is 13.1 Å². The van der Waals surface area contributed by atoms with Gasteiger partial charge in [0.2, 0.25) is 0 Å². The van der Waals surface area contributed by atoms with Crippen molar-refractivity contribution in [1.82, 2.24) is 14.7 Å². The first-order valence-corrected chi connectivity index (χ1v) is 8.36. The van der Waals surface area contributed by atoms with E-state index in [-0.39, 0.29) is 35.5 Å². The number of hydrogen-bond donors (Lipinski definition) is 1. The van der Waals surface area contributed by atoms with E-state index in [9.17, 15) is 18.0 Å². The van der Waals surface area contributed by atoms with Gasteiger partial charge in [0, 0.05) is 24.7 Å². The summed E-state index contributed by atoms with van der Waals surface area (Å²) in [4.78, 5) is 14.5. The Morgan fingerprint density at radius 1 is 1.30 bits per heavy atom. The lowest BCUT2D eigenvalue weighted by atomic mass is 9.79. The minimum atomic E-state index is -4.52. The predicted molar refractivity (Wildman–Crippen MR) is 98.1 cm³/mol. The summed E-state index contributed by atoms with van der Waals surface area (Å²) in [5.74, 6) is -0.215. The lowest BCUT2D eigenvalue weighted by Crippen LogP contribution is -2.54. The molecule has 0 spiro atoms. The standard InChI is InChI=1S/C18H21F3N4O.ClH/c1-17(2)11-24(9-7-14(17)22)16(26)12-4-3-5-13(10-12)25-15(6-8-23-25)18(19,20)21;/h3-6,8,10,14H,7,9,11,22H2,1-2H3;1H. The summed E-state index contributed by atoms with van der Waals surface area (Å²) in [5.41, 5.74) is 5.54. The topological polar surface area (TPSA) is 64.2 Å². The van der Waals surface area contributed by atoms with Gasteiger partial charge < -0.3 is 10.6 Å². The summed E-state index contributed by atoms with van der Waals surface area (Å²) in [6.45, 7) is 5.05. The Balaban J connectivity index is 0.00000261. The summed E-state index contributed by atoms with van der Waals surface area (Å²) in [5, 5.41) is 3.75. The Bertz CT molecular complexity index is 819. The van der Waals surface area contributed by atoms with Gasteiger partial charge in [-0.3, -0.25) is 4.79 Å². The van der Waals surface area contributed by atoms with Crippen LogP contribution in [0.5, 0.6) is 0 Å². The zero-order valence-electron chi connectivity index (χ0n) is 15.0. The third-order valence-electron chi connectivity index (χ3n) is 4.87. The molecule has 5 nitrogen and oxygen atoms in total. The second kappa shape index (κ2) is 7.52. The molecule has 0 radical (unpaired) electrons. The fraction of sp³-hybridized carbons (Fsp3) is 0.444. The highest BCUT2D eigenvalue weighted by molar-refractivity contribution is 5.94. The summed E-state index contributed by atoms with van der Waals surface area (Å²) in [6, 6.07) is 7.01. The highest BCUT2D eigenvalue weighted by Gasteiger charge is 2.37. The third kappa shape index (κ3) is 4.27. The molecular weight excluding hydrogens is 381 g/mol. The van der Waals surface area contributed by atoms with E-state index in [0.717, 1.165) is 16.9 Å². The van der Waals surface area contributed by atoms with Gasteiger partial charge in [-0.1, -0.05) is 19.9 Å². The zero-order valence-corrected chi connectivity index (χ0v) is 15.8. The van der Waals surface area contributed by atoms with E-state index < -0.39 is 11.9 Å². The smallest absolute Gasteiger partial charge is 0.338 e. The molecule has 1 amide bonds. The van der Waals surface area contributed by atoms with Crippen LogP contribution in [-0.2, 0) is 6.18 Å². The van der Waals surface area contributed by atoms with Crippen LogP contribution in [0.4, 0.5) is 13.2 Å². The molecule has 1 aliphatic heterocycles. The van der Waals surface area contributed by atoms with Crippen LogP contribution >= 0.6 is 12.4 Å². The highest BCUT2D eigenvalue weighted by Crippen LogP contribution is 2.31. The molecule has 9 heteroatoms. The quantitative estimate of drug-likeness (QED) is 0.836. The number of nitrogens with two attached hydrogens (primary N) is 1. The molecule has 148 valence electrons. The van der Waals surface area contributed by atoms with Crippen LogP contribution in [-0.4, -0.2) is 39.7 Å². The summed E-state index contributed by atoms with van der Waals surface area (Å²) in [7, 11) is 0. The number of rotatable bonds is 2. The molecule has 2 heterocycles. The molecule has 1 aromatic carbocycles. The maximum Gasteiger partial charge on any atom is 0.433 e. The average molecular weight is 403 g/mol. The maximum absolute atomic E-state index is 13.1. The van der Waals surface area contributed by atoms with Gasteiger partial charge in [0.1, 0.15) is 5.69 Å². The van der Waals surface area contributed by atoms with E-state index in [2.05, 4.69) is 5.10 Å². The van der Waals surface area contributed by atoms with E-state index in [1.165, 1.54) is 12.1 Å². The Hall–Kier alpha value is -2.06.